The molecule has 0 saturated carbocycles. The second-order valence-corrected chi connectivity index (χ2v) is 11.6. The number of amides is 1. The van der Waals surface area contributed by atoms with Gasteiger partial charge in [-0.1, -0.05) is 54.6 Å². The Balaban J connectivity index is 1.47. The summed E-state index contributed by atoms with van der Waals surface area (Å²) in [4.78, 5) is 13.7. The minimum absolute atomic E-state index is 0.0412. The van der Waals surface area contributed by atoms with Gasteiger partial charge >= 0.3 is 10.1 Å². The number of nitrogens with one attached hydrogen (secondary N) is 2. The largest absolute Gasteiger partial charge is 0.399 e. The molecule has 0 aliphatic heterocycles. The maximum absolute atomic E-state index is 13.6. The van der Waals surface area contributed by atoms with Crippen molar-refractivity contribution in [3.05, 3.63) is 132 Å². The first-order valence-corrected chi connectivity index (χ1v) is 14.7. The van der Waals surface area contributed by atoms with Gasteiger partial charge in [0.1, 0.15) is 22.2 Å². The van der Waals surface area contributed by atoms with E-state index < -0.39 is 10.1 Å². The lowest BCUT2D eigenvalue weighted by atomic mass is 10.0. The van der Waals surface area contributed by atoms with Crippen LogP contribution >= 0.6 is 0 Å². The normalized spacial score (nSPS) is 11.4. The summed E-state index contributed by atoms with van der Waals surface area (Å²) in [7, 11) is -4.09. The quantitative estimate of drug-likeness (QED) is 0.0770. The first kappa shape index (κ1) is 27.6. The van der Waals surface area contributed by atoms with Crippen molar-refractivity contribution in [2.24, 2.45) is 5.73 Å². The number of benzene rings is 5. The van der Waals surface area contributed by atoms with Crippen LogP contribution in [0.5, 0.6) is 5.75 Å². The summed E-state index contributed by atoms with van der Waals surface area (Å²) in [5.41, 5.74) is 15.0. The van der Waals surface area contributed by atoms with Crippen LogP contribution in [-0.4, -0.2) is 24.7 Å². The van der Waals surface area contributed by atoms with Crippen LogP contribution < -0.4 is 21.0 Å². The number of amidine groups is 1. The number of carbonyl (C=O) groups excluding carboxylic acids is 1. The van der Waals surface area contributed by atoms with Crippen molar-refractivity contribution in [2.75, 3.05) is 11.1 Å². The van der Waals surface area contributed by atoms with E-state index in [2.05, 4.69) is 5.32 Å². The number of anilines is 2. The topological polar surface area (TPSA) is 153 Å². The summed E-state index contributed by atoms with van der Waals surface area (Å²) in [5, 5.41) is 13.3. The smallest absolute Gasteiger partial charge is 0.339 e. The zero-order valence-electron chi connectivity index (χ0n) is 22.8. The van der Waals surface area contributed by atoms with Crippen molar-refractivity contribution in [3.63, 3.8) is 0 Å². The summed E-state index contributed by atoms with van der Waals surface area (Å²) in [6, 6.07) is 32.8. The first-order chi connectivity index (χ1) is 20.7. The van der Waals surface area contributed by atoms with Crippen molar-refractivity contribution >= 4 is 54.9 Å². The molecule has 0 bridgehead atoms. The highest BCUT2D eigenvalue weighted by Crippen LogP contribution is 2.31. The third-order valence-electron chi connectivity index (χ3n) is 7.10. The Kier molecular flexibility index (Phi) is 7.04. The van der Waals surface area contributed by atoms with Gasteiger partial charge in [-0.3, -0.25) is 10.2 Å². The average Bonchev–Trinajstić information content (AvgIpc) is 3.36. The van der Waals surface area contributed by atoms with Gasteiger partial charge in [0.25, 0.3) is 5.91 Å². The van der Waals surface area contributed by atoms with Crippen LogP contribution in [0.25, 0.3) is 21.7 Å². The van der Waals surface area contributed by atoms with E-state index in [1.807, 2.05) is 34.9 Å². The Morgan fingerprint density at radius 3 is 2.30 bits per heavy atom. The van der Waals surface area contributed by atoms with Crippen LogP contribution in [0, 0.1) is 5.41 Å². The molecule has 6 rings (SSSR count). The summed E-state index contributed by atoms with van der Waals surface area (Å²) in [6.07, 6.45) is 0. The second kappa shape index (κ2) is 11.0. The lowest BCUT2D eigenvalue weighted by Crippen LogP contribution is -2.18. The van der Waals surface area contributed by atoms with Crippen LogP contribution in [0.1, 0.15) is 21.6 Å². The van der Waals surface area contributed by atoms with E-state index in [0.717, 1.165) is 21.7 Å². The highest BCUT2D eigenvalue weighted by molar-refractivity contribution is 7.87. The number of nitrogens with two attached hydrogens (primary N) is 2. The Morgan fingerprint density at radius 1 is 0.837 bits per heavy atom. The fraction of sp³-hybridized carbons (Fsp3) is 0.0303. The van der Waals surface area contributed by atoms with E-state index in [4.69, 9.17) is 21.1 Å². The van der Waals surface area contributed by atoms with Crippen LogP contribution in [0.3, 0.4) is 0 Å². The standard InChI is InChI=1S/C33H27N5O4S/c34-25-12-14-26(15-13-25)37-33(39)31-18-22-10-11-23(32(35)36)19-30(22)38(31)20-24-17-27(16-21-6-4-5-9-29(21)24)42-43(40,41)28-7-2-1-3-8-28/h1-19H,20,34H2,(H3,35,36)(H,37,39). The van der Waals surface area contributed by atoms with Crippen LogP contribution in [0.15, 0.2) is 120 Å². The molecule has 6 aromatic rings. The molecule has 0 radical (unpaired) electrons. The zero-order chi connectivity index (χ0) is 30.1. The van der Waals surface area contributed by atoms with Gasteiger partial charge in [-0.15, -0.1) is 0 Å². The molecule has 0 aliphatic rings. The van der Waals surface area contributed by atoms with E-state index in [9.17, 15) is 13.2 Å². The Labute approximate surface area is 248 Å². The monoisotopic (exact) mass is 589 g/mol. The molecule has 43 heavy (non-hydrogen) atoms. The number of nitrogen functional groups attached to an aromatic ring is 2. The highest BCUT2D eigenvalue weighted by Gasteiger charge is 2.20. The molecule has 6 N–H and O–H groups in total. The fourth-order valence-corrected chi connectivity index (χ4v) is 5.95. The first-order valence-electron chi connectivity index (χ1n) is 13.3. The maximum Gasteiger partial charge on any atom is 0.339 e. The van der Waals surface area contributed by atoms with E-state index in [-0.39, 0.29) is 28.9 Å². The van der Waals surface area contributed by atoms with E-state index in [1.54, 1.807) is 72.8 Å². The molecule has 5 aromatic carbocycles. The van der Waals surface area contributed by atoms with Gasteiger partial charge in [0, 0.05) is 34.4 Å². The van der Waals surface area contributed by atoms with Gasteiger partial charge in [-0.2, -0.15) is 8.42 Å². The molecule has 0 spiro atoms. The van der Waals surface area contributed by atoms with Crippen molar-refractivity contribution in [2.45, 2.75) is 11.4 Å². The van der Waals surface area contributed by atoms with Gasteiger partial charge in [0.05, 0.1) is 0 Å². The molecular weight excluding hydrogens is 562 g/mol. The van der Waals surface area contributed by atoms with Gasteiger partial charge < -0.3 is 25.5 Å². The number of nitrogens with zero attached hydrogens (tertiary/aromatic N) is 1. The molecule has 0 saturated heterocycles. The SMILES string of the molecule is N=C(N)c1ccc2cc(C(=O)Nc3ccc(N)cc3)n(Cc3cc(OS(=O)(=O)c4ccccc4)cc4ccccc34)c2c1. The molecule has 9 nitrogen and oxygen atoms in total. The molecule has 10 heteroatoms. The third-order valence-corrected chi connectivity index (χ3v) is 8.37. The number of hydrogen-bond donors (Lipinski definition) is 4. The van der Waals surface area contributed by atoms with Crippen LogP contribution in [-0.2, 0) is 16.7 Å². The van der Waals surface area contributed by atoms with Crippen molar-refractivity contribution in [3.8, 4) is 5.75 Å². The lowest BCUT2D eigenvalue weighted by molar-refractivity contribution is 0.101. The predicted molar refractivity (Wildman–Crippen MR) is 169 cm³/mol. The molecule has 0 fully saturated rings. The summed E-state index contributed by atoms with van der Waals surface area (Å²) < 4.78 is 33.5. The maximum atomic E-state index is 13.6. The summed E-state index contributed by atoms with van der Waals surface area (Å²) >= 11 is 0. The van der Waals surface area contributed by atoms with Crippen LogP contribution in [0.4, 0.5) is 11.4 Å². The average molecular weight is 590 g/mol. The lowest BCUT2D eigenvalue weighted by Gasteiger charge is -2.16. The number of rotatable bonds is 8. The molecule has 1 aromatic heterocycles. The van der Waals surface area contributed by atoms with E-state index in [1.165, 1.54) is 12.1 Å². The number of aromatic nitrogens is 1. The number of fused-ring (bicyclic) bond motifs is 2. The van der Waals surface area contributed by atoms with Gasteiger partial charge in [0.15, 0.2) is 0 Å². The van der Waals surface area contributed by atoms with E-state index >= 15 is 0 Å². The molecule has 0 atom stereocenters. The summed E-state index contributed by atoms with van der Waals surface area (Å²) in [5.74, 6) is -0.311. The molecule has 214 valence electrons. The minimum atomic E-state index is -4.09. The van der Waals surface area contributed by atoms with Gasteiger partial charge in [0.2, 0.25) is 0 Å². The van der Waals surface area contributed by atoms with Crippen molar-refractivity contribution in [1.82, 2.24) is 4.57 Å². The zero-order valence-corrected chi connectivity index (χ0v) is 23.6. The highest BCUT2D eigenvalue weighted by atomic mass is 32.2. The molecule has 0 aliphatic carbocycles. The number of carbonyl (C=O) groups is 1. The Morgan fingerprint density at radius 2 is 1.56 bits per heavy atom. The van der Waals surface area contributed by atoms with Gasteiger partial charge in [-0.05, 0) is 77.0 Å². The van der Waals surface area contributed by atoms with E-state index in [0.29, 0.717) is 28.1 Å². The summed E-state index contributed by atoms with van der Waals surface area (Å²) in [6.45, 7) is 0.193. The fourth-order valence-electron chi connectivity index (χ4n) is 5.01. The molecule has 1 heterocycles. The van der Waals surface area contributed by atoms with Crippen molar-refractivity contribution < 1.29 is 17.4 Å². The minimum Gasteiger partial charge on any atom is -0.399 e. The molecule has 1 amide bonds. The van der Waals surface area contributed by atoms with Gasteiger partial charge in [-0.25, -0.2) is 0 Å². The van der Waals surface area contributed by atoms with Crippen molar-refractivity contribution in [1.29, 1.82) is 5.41 Å². The molecular formula is C33H27N5O4S. The Bertz CT molecular complexity index is 2120. The Hall–Kier alpha value is -5.61. The molecule has 0 unspecified atom stereocenters. The van der Waals surface area contributed by atoms with Crippen LogP contribution in [0.2, 0.25) is 0 Å². The number of hydrogen-bond acceptors (Lipinski definition) is 6. The predicted octanol–water partition coefficient (Wildman–Crippen LogP) is 5.73. The second-order valence-electron chi connectivity index (χ2n) is 10.0. The third kappa shape index (κ3) is 5.64.